The highest BCUT2D eigenvalue weighted by Gasteiger charge is 2.14. The van der Waals surface area contributed by atoms with Crippen LogP contribution in [-0.2, 0) is 0 Å². The second kappa shape index (κ2) is 5.75. The van der Waals surface area contributed by atoms with Crippen molar-refractivity contribution in [1.82, 2.24) is 9.97 Å². The summed E-state index contributed by atoms with van der Waals surface area (Å²) in [5.41, 5.74) is 6.39. The Bertz CT molecular complexity index is 722. The number of anilines is 1. The summed E-state index contributed by atoms with van der Waals surface area (Å²) in [5, 5.41) is 8.71. The van der Waals surface area contributed by atoms with Gasteiger partial charge in [0, 0.05) is 12.0 Å². The van der Waals surface area contributed by atoms with Crippen molar-refractivity contribution in [3.05, 3.63) is 41.0 Å². The van der Waals surface area contributed by atoms with Crippen LogP contribution in [-0.4, -0.2) is 9.97 Å². The Labute approximate surface area is 122 Å². The molecule has 0 saturated heterocycles. The summed E-state index contributed by atoms with van der Waals surface area (Å²) < 4.78 is 19.2. The average molecular weight is 286 g/mol. The zero-order valence-electron chi connectivity index (χ0n) is 12.0. The molecule has 0 bridgehead atoms. The smallest absolute Gasteiger partial charge is 0.227 e. The van der Waals surface area contributed by atoms with E-state index in [1.807, 2.05) is 13.8 Å². The molecule has 108 valence electrons. The van der Waals surface area contributed by atoms with Crippen molar-refractivity contribution < 1.29 is 9.13 Å². The highest BCUT2D eigenvalue weighted by atomic mass is 19.1. The van der Waals surface area contributed by atoms with Gasteiger partial charge in [0.15, 0.2) is 0 Å². The van der Waals surface area contributed by atoms with Crippen molar-refractivity contribution in [2.45, 2.75) is 26.7 Å². The summed E-state index contributed by atoms with van der Waals surface area (Å²) in [6, 6.07) is 5.76. The van der Waals surface area contributed by atoms with E-state index in [0.717, 1.165) is 6.07 Å². The van der Waals surface area contributed by atoms with Gasteiger partial charge in [-0.2, -0.15) is 10.2 Å². The van der Waals surface area contributed by atoms with Crippen LogP contribution in [0.4, 0.5) is 10.2 Å². The maximum absolute atomic E-state index is 13.6. The molecule has 0 aliphatic heterocycles. The Balaban J connectivity index is 2.39. The molecular formula is C15H15FN4O. The van der Waals surface area contributed by atoms with Crippen LogP contribution >= 0.6 is 0 Å². The first-order valence-electron chi connectivity index (χ1n) is 6.44. The topological polar surface area (TPSA) is 84.8 Å². The van der Waals surface area contributed by atoms with Crippen LogP contribution in [0, 0.1) is 24.1 Å². The third kappa shape index (κ3) is 3.08. The molecule has 0 unspecified atom stereocenters. The monoisotopic (exact) mass is 286 g/mol. The van der Waals surface area contributed by atoms with E-state index in [1.54, 1.807) is 13.0 Å². The van der Waals surface area contributed by atoms with Gasteiger partial charge in [0.25, 0.3) is 0 Å². The molecule has 0 saturated carbocycles. The van der Waals surface area contributed by atoms with E-state index in [0.29, 0.717) is 17.2 Å². The van der Waals surface area contributed by atoms with Crippen LogP contribution < -0.4 is 10.5 Å². The van der Waals surface area contributed by atoms with Crippen LogP contribution in [0.1, 0.15) is 36.7 Å². The molecule has 1 aromatic carbocycles. The first kappa shape index (κ1) is 14.7. The van der Waals surface area contributed by atoms with Gasteiger partial charge in [0.05, 0.1) is 11.1 Å². The summed E-state index contributed by atoms with van der Waals surface area (Å²) in [6.07, 6.45) is 0. The standard InChI is InChI=1S/C15H15FN4O/c1-8(2)14-19-13(18)9(3)15(20-14)21-11-5-4-10(7-17)12(16)6-11/h4-6,8H,1-3H3,(H2,18,19,20). The van der Waals surface area contributed by atoms with E-state index in [-0.39, 0.29) is 23.1 Å². The van der Waals surface area contributed by atoms with Crippen molar-refractivity contribution in [2.24, 2.45) is 0 Å². The van der Waals surface area contributed by atoms with E-state index in [9.17, 15) is 4.39 Å². The number of benzene rings is 1. The van der Waals surface area contributed by atoms with E-state index >= 15 is 0 Å². The number of nitrogen functional groups attached to an aromatic ring is 1. The Hall–Kier alpha value is -2.68. The highest BCUT2D eigenvalue weighted by Crippen LogP contribution is 2.28. The molecule has 2 rings (SSSR count). The van der Waals surface area contributed by atoms with Crippen molar-refractivity contribution in [3.63, 3.8) is 0 Å². The van der Waals surface area contributed by atoms with Crippen LogP contribution in [0.25, 0.3) is 0 Å². The maximum Gasteiger partial charge on any atom is 0.227 e. The van der Waals surface area contributed by atoms with Gasteiger partial charge >= 0.3 is 0 Å². The zero-order valence-corrected chi connectivity index (χ0v) is 12.0. The van der Waals surface area contributed by atoms with Crippen LogP contribution in [0.5, 0.6) is 11.6 Å². The Morgan fingerprint density at radius 3 is 2.62 bits per heavy atom. The molecule has 0 spiro atoms. The largest absolute Gasteiger partial charge is 0.438 e. The van der Waals surface area contributed by atoms with Crippen molar-refractivity contribution in [3.8, 4) is 17.7 Å². The number of nitrogens with two attached hydrogens (primary N) is 1. The molecule has 2 aromatic rings. The van der Waals surface area contributed by atoms with Crippen molar-refractivity contribution >= 4 is 5.82 Å². The minimum absolute atomic E-state index is 0.0378. The molecule has 0 aliphatic carbocycles. The van der Waals surface area contributed by atoms with E-state index in [1.165, 1.54) is 12.1 Å². The summed E-state index contributed by atoms with van der Waals surface area (Å²) in [4.78, 5) is 8.49. The molecule has 6 heteroatoms. The number of ether oxygens (including phenoxy) is 1. The van der Waals surface area contributed by atoms with Gasteiger partial charge in [-0.3, -0.25) is 0 Å². The maximum atomic E-state index is 13.6. The van der Waals surface area contributed by atoms with Crippen LogP contribution in [0.15, 0.2) is 18.2 Å². The second-order valence-electron chi connectivity index (χ2n) is 4.91. The first-order valence-corrected chi connectivity index (χ1v) is 6.44. The minimum atomic E-state index is -0.640. The quantitative estimate of drug-likeness (QED) is 0.935. The molecule has 0 aliphatic rings. The molecule has 5 nitrogen and oxygen atoms in total. The zero-order chi connectivity index (χ0) is 15.6. The molecule has 0 atom stereocenters. The number of halogens is 1. The minimum Gasteiger partial charge on any atom is -0.438 e. The normalized spacial score (nSPS) is 10.5. The van der Waals surface area contributed by atoms with Crippen LogP contribution in [0.3, 0.4) is 0 Å². The number of nitrogens with zero attached hydrogens (tertiary/aromatic N) is 3. The van der Waals surface area contributed by atoms with E-state index in [4.69, 9.17) is 15.7 Å². The van der Waals surface area contributed by atoms with Crippen LogP contribution in [0.2, 0.25) is 0 Å². The van der Waals surface area contributed by atoms with Gasteiger partial charge in [-0.25, -0.2) is 9.37 Å². The second-order valence-corrected chi connectivity index (χ2v) is 4.91. The predicted octanol–water partition coefficient (Wildman–Crippen LogP) is 3.29. The predicted molar refractivity (Wildman–Crippen MR) is 76.5 cm³/mol. The fraction of sp³-hybridized carbons (Fsp3) is 0.267. The fourth-order valence-electron chi connectivity index (χ4n) is 1.65. The molecule has 1 heterocycles. The Morgan fingerprint density at radius 2 is 2.05 bits per heavy atom. The van der Waals surface area contributed by atoms with Gasteiger partial charge in [0.1, 0.15) is 29.3 Å². The van der Waals surface area contributed by atoms with E-state index in [2.05, 4.69) is 9.97 Å². The number of hydrogen-bond acceptors (Lipinski definition) is 5. The number of hydrogen-bond donors (Lipinski definition) is 1. The molecule has 0 amide bonds. The van der Waals surface area contributed by atoms with Gasteiger partial charge in [0.2, 0.25) is 5.88 Å². The lowest BCUT2D eigenvalue weighted by Gasteiger charge is -2.12. The van der Waals surface area contributed by atoms with Crippen molar-refractivity contribution in [1.29, 1.82) is 5.26 Å². The molecule has 0 fully saturated rings. The third-order valence-corrected chi connectivity index (χ3v) is 2.95. The summed E-state index contributed by atoms with van der Waals surface area (Å²) in [5.74, 6) is 0.879. The lowest BCUT2D eigenvalue weighted by Crippen LogP contribution is -2.06. The molecule has 21 heavy (non-hydrogen) atoms. The fourth-order valence-corrected chi connectivity index (χ4v) is 1.65. The summed E-state index contributed by atoms with van der Waals surface area (Å²) in [6.45, 7) is 5.61. The Morgan fingerprint density at radius 1 is 1.33 bits per heavy atom. The summed E-state index contributed by atoms with van der Waals surface area (Å²) in [7, 11) is 0. The van der Waals surface area contributed by atoms with Gasteiger partial charge in [-0.1, -0.05) is 13.8 Å². The highest BCUT2D eigenvalue weighted by molar-refractivity contribution is 5.46. The van der Waals surface area contributed by atoms with Gasteiger partial charge in [-0.15, -0.1) is 0 Å². The summed E-state index contributed by atoms with van der Waals surface area (Å²) >= 11 is 0. The molecule has 0 radical (unpaired) electrons. The molecule has 2 N–H and O–H groups in total. The first-order chi connectivity index (χ1) is 9.92. The lowest BCUT2D eigenvalue weighted by molar-refractivity contribution is 0.449. The van der Waals surface area contributed by atoms with E-state index < -0.39 is 5.82 Å². The number of aromatic nitrogens is 2. The third-order valence-electron chi connectivity index (χ3n) is 2.95. The van der Waals surface area contributed by atoms with Gasteiger partial charge in [-0.05, 0) is 19.1 Å². The molecule has 1 aromatic heterocycles. The number of rotatable bonds is 3. The van der Waals surface area contributed by atoms with Crippen molar-refractivity contribution in [2.75, 3.05) is 5.73 Å². The lowest BCUT2D eigenvalue weighted by atomic mass is 10.2. The molecular weight excluding hydrogens is 271 g/mol. The number of nitriles is 1. The average Bonchev–Trinajstić information content (AvgIpc) is 2.43. The Kier molecular flexibility index (Phi) is 4.03. The SMILES string of the molecule is Cc1c(N)nc(C(C)C)nc1Oc1ccc(C#N)c(F)c1. The van der Waals surface area contributed by atoms with Gasteiger partial charge < -0.3 is 10.5 Å².